The Kier molecular flexibility index (Phi) is 5.98. The maximum absolute atomic E-state index is 12.6. The van der Waals surface area contributed by atoms with Crippen molar-refractivity contribution in [1.29, 1.82) is 0 Å². The molecule has 0 spiro atoms. The summed E-state index contributed by atoms with van der Waals surface area (Å²) in [6.07, 6.45) is 0.0766. The number of aromatic nitrogens is 1. The summed E-state index contributed by atoms with van der Waals surface area (Å²) in [7, 11) is 3.16. The van der Waals surface area contributed by atoms with Gasteiger partial charge in [-0.15, -0.1) is 0 Å². The summed E-state index contributed by atoms with van der Waals surface area (Å²) < 4.78 is 22.1. The third-order valence-corrected chi connectivity index (χ3v) is 4.76. The molecule has 7 nitrogen and oxygen atoms in total. The molecule has 32 heavy (non-hydrogen) atoms. The fourth-order valence-corrected chi connectivity index (χ4v) is 3.26. The van der Waals surface area contributed by atoms with Crippen molar-refractivity contribution in [2.24, 2.45) is 0 Å². The van der Waals surface area contributed by atoms with E-state index in [1.54, 1.807) is 68.8 Å². The highest BCUT2D eigenvalue weighted by atomic mass is 16.5. The molecular formula is C25H24N2O5. The first-order valence-electron chi connectivity index (χ1n) is 10.2. The smallest absolute Gasteiger partial charge is 0.255 e. The van der Waals surface area contributed by atoms with Gasteiger partial charge in [0.05, 0.1) is 20.3 Å². The van der Waals surface area contributed by atoms with E-state index in [1.165, 1.54) is 0 Å². The van der Waals surface area contributed by atoms with Gasteiger partial charge in [0.2, 0.25) is 5.89 Å². The van der Waals surface area contributed by atoms with Gasteiger partial charge in [0.1, 0.15) is 11.3 Å². The Bertz CT molecular complexity index is 1250. The van der Waals surface area contributed by atoms with Gasteiger partial charge in [0.25, 0.3) is 5.91 Å². The molecular weight excluding hydrogens is 408 g/mol. The van der Waals surface area contributed by atoms with Crippen LogP contribution < -0.4 is 19.5 Å². The van der Waals surface area contributed by atoms with E-state index in [9.17, 15) is 4.79 Å². The van der Waals surface area contributed by atoms with Gasteiger partial charge in [-0.3, -0.25) is 4.79 Å². The quantitative estimate of drug-likeness (QED) is 0.412. The second-order valence-electron chi connectivity index (χ2n) is 7.42. The molecule has 0 atom stereocenters. The molecule has 0 fully saturated rings. The average molecular weight is 432 g/mol. The topological polar surface area (TPSA) is 82.8 Å². The molecule has 1 aromatic heterocycles. The lowest BCUT2D eigenvalue weighted by atomic mass is 10.2. The Hall–Kier alpha value is -4.00. The fraction of sp³-hybridized carbons (Fsp3) is 0.200. The number of methoxy groups -OCH3 is 2. The Labute approximate surface area is 185 Å². The highest BCUT2D eigenvalue weighted by molar-refractivity contribution is 6.05. The predicted molar refractivity (Wildman–Crippen MR) is 123 cm³/mol. The van der Waals surface area contributed by atoms with Crippen LogP contribution in [0.15, 0.2) is 65.1 Å². The van der Waals surface area contributed by atoms with E-state index in [1.807, 2.05) is 19.9 Å². The standard InChI is InChI=1S/C25H24N2O5/c1-15(2)31-19-9-5-16(6-10-19)24(28)26-18-8-12-21-20(14-18)27-25(32-21)17-7-11-22(29-3)23(13-17)30-4/h5-15H,1-4H3,(H,26,28). The number of rotatable bonds is 7. The predicted octanol–water partition coefficient (Wildman–Crippen LogP) is 5.55. The molecule has 3 aromatic carbocycles. The monoisotopic (exact) mass is 432 g/mol. The van der Waals surface area contributed by atoms with Gasteiger partial charge in [-0.25, -0.2) is 4.98 Å². The second kappa shape index (κ2) is 9.01. The maximum atomic E-state index is 12.6. The first-order valence-corrected chi connectivity index (χ1v) is 10.2. The van der Waals surface area contributed by atoms with E-state index >= 15 is 0 Å². The summed E-state index contributed by atoms with van der Waals surface area (Å²) >= 11 is 0. The van der Waals surface area contributed by atoms with Gasteiger partial charge < -0.3 is 23.9 Å². The number of nitrogens with zero attached hydrogens (tertiary/aromatic N) is 1. The Balaban J connectivity index is 1.53. The third-order valence-electron chi connectivity index (χ3n) is 4.76. The minimum atomic E-state index is -0.218. The van der Waals surface area contributed by atoms with Crippen LogP contribution in [0.1, 0.15) is 24.2 Å². The van der Waals surface area contributed by atoms with Crippen LogP contribution in [0.5, 0.6) is 17.2 Å². The fourth-order valence-electron chi connectivity index (χ4n) is 3.26. The number of anilines is 1. The molecule has 1 amide bonds. The zero-order valence-electron chi connectivity index (χ0n) is 18.3. The van der Waals surface area contributed by atoms with Gasteiger partial charge in [0, 0.05) is 16.8 Å². The summed E-state index contributed by atoms with van der Waals surface area (Å²) in [5, 5.41) is 2.89. The van der Waals surface area contributed by atoms with Crippen molar-refractivity contribution in [3.05, 3.63) is 66.2 Å². The van der Waals surface area contributed by atoms with Crippen molar-refractivity contribution in [2.45, 2.75) is 20.0 Å². The van der Waals surface area contributed by atoms with Crippen LogP contribution in [-0.2, 0) is 0 Å². The Morgan fingerprint density at radius 1 is 0.938 bits per heavy atom. The highest BCUT2D eigenvalue weighted by Crippen LogP contribution is 2.33. The van der Waals surface area contributed by atoms with E-state index in [-0.39, 0.29) is 12.0 Å². The lowest BCUT2D eigenvalue weighted by molar-refractivity contribution is 0.102. The summed E-state index contributed by atoms with van der Waals surface area (Å²) in [6.45, 7) is 3.91. The van der Waals surface area contributed by atoms with Crippen LogP contribution in [0.2, 0.25) is 0 Å². The molecule has 0 aliphatic rings. The number of carbonyl (C=O) groups excluding carboxylic acids is 1. The normalized spacial score (nSPS) is 10.9. The minimum absolute atomic E-state index is 0.0766. The minimum Gasteiger partial charge on any atom is -0.493 e. The molecule has 0 radical (unpaired) electrons. The number of oxazole rings is 1. The number of fused-ring (bicyclic) bond motifs is 1. The molecule has 1 N–H and O–H groups in total. The van der Waals surface area contributed by atoms with Gasteiger partial charge in [-0.05, 0) is 74.5 Å². The first-order chi connectivity index (χ1) is 15.5. The molecule has 0 unspecified atom stereocenters. The van der Waals surface area contributed by atoms with Gasteiger partial charge in [-0.2, -0.15) is 0 Å². The van der Waals surface area contributed by atoms with Crippen molar-refractivity contribution in [2.75, 3.05) is 19.5 Å². The van der Waals surface area contributed by atoms with E-state index in [0.29, 0.717) is 39.7 Å². The molecule has 164 valence electrons. The van der Waals surface area contributed by atoms with E-state index < -0.39 is 0 Å². The second-order valence-corrected chi connectivity index (χ2v) is 7.42. The van der Waals surface area contributed by atoms with Crippen molar-refractivity contribution in [1.82, 2.24) is 4.98 Å². The van der Waals surface area contributed by atoms with Crippen LogP contribution in [0.3, 0.4) is 0 Å². The van der Waals surface area contributed by atoms with Gasteiger partial charge in [0.15, 0.2) is 17.1 Å². The number of benzene rings is 3. The third kappa shape index (κ3) is 4.51. The molecule has 0 aliphatic heterocycles. The molecule has 4 rings (SSSR count). The lowest BCUT2D eigenvalue weighted by Crippen LogP contribution is -2.12. The Morgan fingerprint density at radius 2 is 1.69 bits per heavy atom. The Morgan fingerprint density at radius 3 is 2.38 bits per heavy atom. The zero-order valence-corrected chi connectivity index (χ0v) is 18.3. The van der Waals surface area contributed by atoms with E-state index in [4.69, 9.17) is 18.6 Å². The van der Waals surface area contributed by atoms with Crippen molar-refractivity contribution >= 4 is 22.7 Å². The number of hydrogen-bond acceptors (Lipinski definition) is 6. The zero-order chi connectivity index (χ0) is 22.7. The first kappa shape index (κ1) is 21.2. The van der Waals surface area contributed by atoms with Crippen LogP contribution in [0, 0.1) is 0 Å². The summed E-state index contributed by atoms with van der Waals surface area (Å²) in [6, 6.07) is 17.8. The summed E-state index contributed by atoms with van der Waals surface area (Å²) in [5.74, 6) is 2.17. The molecule has 0 saturated carbocycles. The summed E-state index contributed by atoms with van der Waals surface area (Å²) in [4.78, 5) is 17.2. The van der Waals surface area contributed by atoms with Crippen LogP contribution in [-0.4, -0.2) is 31.2 Å². The number of ether oxygens (including phenoxy) is 3. The number of amides is 1. The number of hydrogen-bond donors (Lipinski definition) is 1. The average Bonchev–Trinajstić information content (AvgIpc) is 3.22. The number of carbonyl (C=O) groups is 1. The van der Waals surface area contributed by atoms with Crippen molar-refractivity contribution in [3.8, 4) is 28.7 Å². The van der Waals surface area contributed by atoms with Crippen molar-refractivity contribution in [3.63, 3.8) is 0 Å². The number of nitrogens with one attached hydrogen (secondary N) is 1. The molecule has 0 bridgehead atoms. The maximum Gasteiger partial charge on any atom is 0.255 e. The molecule has 0 aliphatic carbocycles. The van der Waals surface area contributed by atoms with Gasteiger partial charge in [-0.1, -0.05) is 0 Å². The lowest BCUT2D eigenvalue weighted by Gasteiger charge is -2.10. The largest absolute Gasteiger partial charge is 0.493 e. The van der Waals surface area contributed by atoms with E-state index in [0.717, 1.165) is 11.3 Å². The van der Waals surface area contributed by atoms with Crippen LogP contribution in [0.25, 0.3) is 22.6 Å². The molecule has 1 heterocycles. The summed E-state index contributed by atoms with van der Waals surface area (Å²) in [5.41, 5.74) is 3.16. The van der Waals surface area contributed by atoms with Gasteiger partial charge >= 0.3 is 0 Å². The molecule has 7 heteroatoms. The SMILES string of the molecule is COc1ccc(-c2nc3cc(NC(=O)c4ccc(OC(C)C)cc4)ccc3o2)cc1OC. The van der Waals surface area contributed by atoms with Crippen molar-refractivity contribution < 1.29 is 23.4 Å². The van der Waals surface area contributed by atoms with Crippen LogP contribution >= 0.6 is 0 Å². The highest BCUT2D eigenvalue weighted by Gasteiger charge is 2.13. The molecule has 0 saturated heterocycles. The molecule has 4 aromatic rings. The van der Waals surface area contributed by atoms with E-state index in [2.05, 4.69) is 10.3 Å². The van der Waals surface area contributed by atoms with Crippen LogP contribution in [0.4, 0.5) is 5.69 Å².